The monoisotopic (exact) mass is 336 g/mol. The molecule has 1 heterocycles. The molecule has 3 rings (SSSR count). The molecule has 3 heteroatoms. The quantitative estimate of drug-likeness (QED) is 0.903. The topological polar surface area (TPSA) is 29.3 Å². The zero-order valence-electron chi connectivity index (χ0n) is 12.3. The number of fused-ring (bicyclic) bond motifs is 1. The van der Waals surface area contributed by atoms with E-state index in [0.717, 1.165) is 12.0 Å². The number of rotatable bonds is 3. The largest absolute Gasteiger partial charge is 0.329 e. The summed E-state index contributed by atoms with van der Waals surface area (Å²) in [5.74, 6) is 0.919. The summed E-state index contributed by atoms with van der Waals surface area (Å²) in [7, 11) is 0. The van der Waals surface area contributed by atoms with E-state index in [9.17, 15) is 0 Å². The molecule has 1 aromatic carbocycles. The molecule has 1 aliphatic carbocycles. The Kier molecular flexibility index (Phi) is 4.49. The smallest absolute Gasteiger partial charge is 0.0484 e. The van der Waals surface area contributed by atoms with Crippen molar-refractivity contribution >= 4 is 15.9 Å². The first kappa shape index (κ1) is 14.6. The Labute approximate surface area is 130 Å². The second kappa shape index (κ2) is 6.17. The number of likely N-dealkylation sites (tertiary alicyclic amines) is 1. The summed E-state index contributed by atoms with van der Waals surface area (Å²) in [6.07, 6.45) is 6.95. The van der Waals surface area contributed by atoms with Crippen LogP contribution in [-0.4, -0.2) is 24.0 Å². The number of benzene rings is 1. The third-order valence-electron chi connectivity index (χ3n) is 5.17. The maximum atomic E-state index is 6.16. The normalized spacial score (nSPS) is 28.4. The zero-order chi connectivity index (χ0) is 14.1. The lowest BCUT2D eigenvalue weighted by atomic mass is 9.89. The molecule has 1 aliphatic heterocycles. The van der Waals surface area contributed by atoms with Crippen LogP contribution in [0.15, 0.2) is 22.7 Å². The van der Waals surface area contributed by atoms with Gasteiger partial charge in [0.25, 0.3) is 0 Å². The molecule has 2 fully saturated rings. The van der Waals surface area contributed by atoms with Gasteiger partial charge in [-0.15, -0.1) is 0 Å². The van der Waals surface area contributed by atoms with Crippen LogP contribution in [0.5, 0.6) is 0 Å². The van der Waals surface area contributed by atoms with Crippen LogP contribution < -0.4 is 5.73 Å². The molecular weight excluding hydrogens is 312 g/mol. The zero-order valence-corrected chi connectivity index (χ0v) is 13.9. The minimum atomic E-state index is 0.371. The van der Waals surface area contributed by atoms with Crippen LogP contribution in [0.4, 0.5) is 0 Å². The van der Waals surface area contributed by atoms with E-state index in [1.807, 2.05) is 0 Å². The van der Waals surface area contributed by atoms with Gasteiger partial charge < -0.3 is 5.73 Å². The van der Waals surface area contributed by atoms with Gasteiger partial charge in [-0.1, -0.05) is 34.5 Å². The number of hydrogen-bond donors (Lipinski definition) is 1. The highest BCUT2D eigenvalue weighted by molar-refractivity contribution is 9.10. The standard InChI is InChI=1S/C17H25BrN2/c1-12-7-8-14(15(18)10-12)17(11-19)20-9-3-5-13-4-2-6-16(13)20/h7-8,10,13,16-17H,2-6,9,11,19H2,1H3. The van der Waals surface area contributed by atoms with Gasteiger partial charge in [-0.3, -0.25) is 4.90 Å². The third kappa shape index (κ3) is 2.68. The SMILES string of the molecule is Cc1ccc(C(CN)N2CCCC3CCCC32)c(Br)c1. The highest BCUT2D eigenvalue weighted by Crippen LogP contribution is 2.41. The molecule has 0 aromatic heterocycles. The Morgan fingerprint density at radius 1 is 1.30 bits per heavy atom. The average Bonchev–Trinajstić information content (AvgIpc) is 2.91. The predicted molar refractivity (Wildman–Crippen MR) is 87.7 cm³/mol. The highest BCUT2D eigenvalue weighted by atomic mass is 79.9. The molecule has 1 saturated heterocycles. The molecule has 2 nitrogen and oxygen atoms in total. The van der Waals surface area contributed by atoms with Crippen LogP contribution in [0.2, 0.25) is 0 Å². The average molecular weight is 337 g/mol. The molecule has 3 unspecified atom stereocenters. The lowest BCUT2D eigenvalue weighted by Gasteiger charge is -2.43. The number of piperidine rings is 1. The molecule has 0 radical (unpaired) electrons. The van der Waals surface area contributed by atoms with E-state index in [-0.39, 0.29) is 0 Å². The molecule has 0 spiro atoms. The fourth-order valence-electron chi connectivity index (χ4n) is 4.22. The summed E-state index contributed by atoms with van der Waals surface area (Å²) < 4.78 is 1.22. The summed E-state index contributed by atoms with van der Waals surface area (Å²) in [5, 5.41) is 0. The minimum absolute atomic E-state index is 0.371. The van der Waals surface area contributed by atoms with Crippen molar-refractivity contribution in [3.8, 4) is 0 Å². The van der Waals surface area contributed by atoms with Gasteiger partial charge in [-0.05, 0) is 62.3 Å². The first-order valence-corrected chi connectivity index (χ1v) is 8.72. The van der Waals surface area contributed by atoms with Crippen LogP contribution in [-0.2, 0) is 0 Å². The van der Waals surface area contributed by atoms with E-state index in [1.54, 1.807) is 0 Å². The molecule has 2 aliphatic rings. The van der Waals surface area contributed by atoms with Gasteiger partial charge in [-0.25, -0.2) is 0 Å². The van der Waals surface area contributed by atoms with Crippen molar-refractivity contribution in [1.29, 1.82) is 0 Å². The predicted octanol–water partition coefficient (Wildman–Crippen LogP) is 4.02. The molecule has 110 valence electrons. The Bertz CT molecular complexity index is 474. The van der Waals surface area contributed by atoms with Crippen molar-refractivity contribution in [3.63, 3.8) is 0 Å². The maximum absolute atomic E-state index is 6.16. The maximum Gasteiger partial charge on any atom is 0.0484 e. The Balaban J connectivity index is 1.88. The molecule has 20 heavy (non-hydrogen) atoms. The van der Waals surface area contributed by atoms with E-state index in [2.05, 4.69) is 46.0 Å². The van der Waals surface area contributed by atoms with Crippen LogP contribution in [0.25, 0.3) is 0 Å². The van der Waals surface area contributed by atoms with Crippen molar-refractivity contribution in [2.45, 2.75) is 51.1 Å². The van der Waals surface area contributed by atoms with Gasteiger partial charge in [-0.2, -0.15) is 0 Å². The molecule has 3 atom stereocenters. The van der Waals surface area contributed by atoms with Crippen molar-refractivity contribution in [2.24, 2.45) is 11.7 Å². The molecule has 0 bridgehead atoms. The van der Waals surface area contributed by atoms with E-state index in [0.29, 0.717) is 12.6 Å². The van der Waals surface area contributed by atoms with Gasteiger partial charge in [0.1, 0.15) is 0 Å². The van der Waals surface area contributed by atoms with Crippen molar-refractivity contribution < 1.29 is 0 Å². The molecule has 1 aromatic rings. The van der Waals surface area contributed by atoms with Gasteiger partial charge >= 0.3 is 0 Å². The summed E-state index contributed by atoms with van der Waals surface area (Å²) in [6, 6.07) is 7.82. The summed E-state index contributed by atoms with van der Waals surface area (Å²) in [5.41, 5.74) is 8.83. The van der Waals surface area contributed by atoms with Crippen LogP contribution >= 0.6 is 15.9 Å². The molecule has 2 N–H and O–H groups in total. The minimum Gasteiger partial charge on any atom is -0.329 e. The number of nitrogens with zero attached hydrogens (tertiary/aromatic N) is 1. The first-order valence-electron chi connectivity index (χ1n) is 7.92. The Hall–Kier alpha value is -0.380. The van der Waals surface area contributed by atoms with Gasteiger partial charge in [0, 0.05) is 23.1 Å². The van der Waals surface area contributed by atoms with Crippen LogP contribution in [0, 0.1) is 12.8 Å². The lowest BCUT2D eigenvalue weighted by Crippen LogP contribution is -2.46. The first-order chi connectivity index (χ1) is 9.70. The molecular formula is C17H25BrN2. The van der Waals surface area contributed by atoms with Crippen molar-refractivity contribution in [1.82, 2.24) is 4.90 Å². The van der Waals surface area contributed by atoms with Crippen molar-refractivity contribution in [3.05, 3.63) is 33.8 Å². The highest BCUT2D eigenvalue weighted by Gasteiger charge is 2.38. The third-order valence-corrected chi connectivity index (χ3v) is 5.86. The van der Waals surface area contributed by atoms with E-state index in [4.69, 9.17) is 5.73 Å². The van der Waals surface area contributed by atoms with E-state index < -0.39 is 0 Å². The number of nitrogens with two attached hydrogens (primary N) is 1. The fourth-order valence-corrected chi connectivity index (χ4v) is 4.98. The number of halogens is 1. The lowest BCUT2D eigenvalue weighted by molar-refractivity contribution is 0.0698. The van der Waals surface area contributed by atoms with Crippen molar-refractivity contribution in [2.75, 3.05) is 13.1 Å². The molecule has 1 saturated carbocycles. The van der Waals surface area contributed by atoms with Crippen LogP contribution in [0.1, 0.15) is 49.3 Å². The summed E-state index contributed by atoms with van der Waals surface area (Å²) in [6.45, 7) is 4.06. The number of aryl methyl sites for hydroxylation is 1. The molecule has 0 amide bonds. The van der Waals surface area contributed by atoms with Gasteiger partial charge in [0.15, 0.2) is 0 Å². The van der Waals surface area contributed by atoms with Gasteiger partial charge in [0.2, 0.25) is 0 Å². The van der Waals surface area contributed by atoms with E-state index >= 15 is 0 Å². The number of hydrogen-bond acceptors (Lipinski definition) is 2. The summed E-state index contributed by atoms with van der Waals surface area (Å²) >= 11 is 3.75. The second-order valence-corrected chi connectivity index (χ2v) is 7.27. The Morgan fingerprint density at radius 3 is 2.85 bits per heavy atom. The second-order valence-electron chi connectivity index (χ2n) is 6.41. The van der Waals surface area contributed by atoms with Gasteiger partial charge in [0.05, 0.1) is 0 Å². The Morgan fingerprint density at radius 2 is 2.10 bits per heavy atom. The van der Waals surface area contributed by atoms with E-state index in [1.165, 1.54) is 54.2 Å². The summed E-state index contributed by atoms with van der Waals surface area (Å²) in [4.78, 5) is 2.70. The fraction of sp³-hybridized carbons (Fsp3) is 0.647. The van der Waals surface area contributed by atoms with Crippen LogP contribution in [0.3, 0.4) is 0 Å².